The van der Waals surface area contributed by atoms with Gasteiger partial charge in [-0.25, -0.2) is 4.79 Å². The Kier molecular flexibility index (Phi) is 3.02. The largest absolute Gasteiger partial charge is 0.480 e. The molecule has 0 aliphatic heterocycles. The van der Waals surface area contributed by atoms with Crippen LogP contribution in [-0.4, -0.2) is 44.3 Å². The van der Waals surface area contributed by atoms with Gasteiger partial charge in [0.15, 0.2) is 0 Å². The number of hydrogen-bond donors (Lipinski definition) is 1. The van der Waals surface area contributed by atoms with Gasteiger partial charge in [0, 0.05) is 20.3 Å². The Balaban J connectivity index is 2.95. The molecule has 1 amide bonds. The lowest BCUT2D eigenvalue weighted by molar-refractivity contribution is -0.147. The molecular formula is C10H15N3O3. The van der Waals surface area contributed by atoms with Crippen molar-refractivity contribution in [1.82, 2.24) is 14.7 Å². The number of carboxylic acids is 1. The highest BCUT2D eigenvalue weighted by Crippen LogP contribution is 2.15. The first kappa shape index (κ1) is 12.2. The number of carboxylic acid groups (broad SMARTS) is 1. The molecule has 0 aliphatic rings. The molecule has 0 bridgehead atoms. The van der Waals surface area contributed by atoms with E-state index in [1.807, 2.05) is 0 Å². The Bertz CT molecular complexity index is 423. The van der Waals surface area contributed by atoms with Crippen LogP contribution in [0.15, 0.2) is 12.4 Å². The third-order valence-electron chi connectivity index (χ3n) is 2.62. The van der Waals surface area contributed by atoms with Gasteiger partial charge in [-0.1, -0.05) is 0 Å². The molecule has 1 rings (SSSR count). The van der Waals surface area contributed by atoms with Crippen LogP contribution in [0.3, 0.4) is 0 Å². The van der Waals surface area contributed by atoms with Gasteiger partial charge in [0.1, 0.15) is 5.54 Å². The van der Waals surface area contributed by atoms with Gasteiger partial charge < -0.3 is 10.0 Å². The third-order valence-corrected chi connectivity index (χ3v) is 2.62. The second-order valence-electron chi connectivity index (χ2n) is 4.13. The maximum Gasteiger partial charge on any atom is 0.329 e. The van der Waals surface area contributed by atoms with E-state index in [4.69, 9.17) is 5.11 Å². The molecule has 0 atom stereocenters. The van der Waals surface area contributed by atoms with Crippen LogP contribution in [-0.2, 0) is 11.8 Å². The van der Waals surface area contributed by atoms with Gasteiger partial charge in [-0.3, -0.25) is 9.48 Å². The van der Waals surface area contributed by atoms with Gasteiger partial charge in [-0.15, -0.1) is 0 Å². The molecule has 1 aromatic rings. The van der Waals surface area contributed by atoms with Gasteiger partial charge >= 0.3 is 5.97 Å². The molecule has 1 aromatic heterocycles. The number of rotatable bonds is 3. The highest BCUT2D eigenvalue weighted by atomic mass is 16.4. The first-order chi connectivity index (χ1) is 7.26. The number of aliphatic carboxylic acids is 1. The summed E-state index contributed by atoms with van der Waals surface area (Å²) in [5, 5.41) is 12.9. The van der Waals surface area contributed by atoms with E-state index >= 15 is 0 Å². The van der Waals surface area contributed by atoms with Crippen molar-refractivity contribution >= 4 is 11.9 Å². The van der Waals surface area contributed by atoms with E-state index in [-0.39, 0.29) is 5.91 Å². The van der Waals surface area contributed by atoms with Gasteiger partial charge in [0.25, 0.3) is 5.91 Å². The molecule has 0 saturated carbocycles. The highest BCUT2D eigenvalue weighted by molar-refractivity contribution is 5.97. The molecule has 1 heterocycles. The summed E-state index contributed by atoms with van der Waals surface area (Å²) in [5.74, 6) is -1.41. The SMILES string of the molecule is CN(C(=O)c1cnn(C)c1)C(C)(C)C(=O)O. The van der Waals surface area contributed by atoms with Gasteiger partial charge in [-0.2, -0.15) is 5.10 Å². The molecule has 6 nitrogen and oxygen atoms in total. The van der Waals surface area contributed by atoms with E-state index in [1.54, 1.807) is 13.2 Å². The lowest BCUT2D eigenvalue weighted by atomic mass is 10.0. The van der Waals surface area contributed by atoms with Crippen LogP contribution in [0.1, 0.15) is 24.2 Å². The zero-order valence-electron chi connectivity index (χ0n) is 9.76. The molecule has 1 N–H and O–H groups in total. The molecule has 0 aromatic carbocycles. The predicted octanol–water partition coefficient (Wildman–Crippen LogP) is 0.355. The second-order valence-corrected chi connectivity index (χ2v) is 4.13. The van der Waals surface area contributed by atoms with Crippen molar-refractivity contribution in [2.75, 3.05) is 7.05 Å². The summed E-state index contributed by atoms with van der Waals surface area (Å²) >= 11 is 0. The maximum absolute atomic E-state index is 11.9. The molecule has 0 aliphatic carbocycles. The van der Waals surface area contributed by atoms with Crippen LogP contribution in [0, 0.1) is 0 Å². The Labute approximate surface area is 93.5 Å². The standard InChI is InChI=1S/C10H15N3O3/c1-10(2,9(15)16)13(4)8(14)7-5-11-12(3)6-7/h5-6H,1-4H3,(H,15,16). The second kappa shape index (κ2) is 3.96. The average molecular weight is 225 g/mol. The maximum atomic E-state index is 11.9. The molecule has 0 saturated heterocycles. The number of carbonyl (C=O) groups is 2. The first-order valence-corrected chi connectivity index (χ1v) is 4.77. The van der Waals surface area contributed by atoms with E-state index in [1.165, 1.54) is 36.7 Å². The first-order valence-electron chi connectivity index (χ1n) is 4.77. The van der Waals surface area contributed by atoms with Crippen molar-refractivity contribution in [3.05, 3.63) is 18.0 Å². The molecule has 88 valence electrons. The number of aryl methyl sites for hydroxylation is 1. The minimum atomic E-state index is -1.24. The molecule has 0 spiro atoms. The summed E-state index contributed by atoms with van der Waals surface area (Å²) in [5.41, 5.74) is -0.869. The van der Waals surface area contributed by atoms with Crippen LogP contribution >= 0.6 is 0 Å². The normalized spacial score (nSPS) is 11.2. The van der Waals surface area contributed by atoms with E-state index in [0.29, 0.717) is 5.56 Å². The van der Waals surface area contributed by atoms with Crippen molar-refractivity contribution < 1.29 is 14.7 Å². The minimum absolute atomic E-state index is 0.361. The lowest BCUT2D eigenvalue weighted by Gasteiger charge is -2.31. The van der Waals surface area contributed by atoms with Gasteiger partial charge in [0.2, 0.25) is 0 Å². The summed E-state index contributed by atoms with van der Waals surface area (Å²) < 4.78 is 1.49. The molecule has 0 radical (unpaired) electrons. The quantitative estimate of drug-likeness (QED) is 0.805. The predicted molar refractivity (Wildman–Crippen MR) is 57.0 cm³/mol. The number of amides is 1. The van der Waals surface area contributed by atoms with Gasteiger partial charge in [-0.05, 0) is 13.8 Å². The number of hydrogen-bond acceptors (Lipinski definition) is 3. The molecule has 6 heteroatoms. The van der Waals surface area contributed by atoms with E-state index < -0.39 is 11.5 Å². The fraction of sp³-hybridized carbons (Fsp3) is 0.500. The van der Waals surface area contributed by atoms with E-state index in [0.717, 1.165) is 0 Å². The highest BCUT2D eigenvalue weighted by Gasteiger charge is 2.35. The zero-order valence-corrected chi connectivity index (χ0v) is 9.76. The smallest absolute Gasteiger partial charge is 0.329 e. The summed E-state index contributed by atoms with van der Waals surface area (Å²) in [4.78, 5) is 24.1. The van der Waals surface area contributed by atoms with Crippen LogP contribution in [0.2, 0.25) is 0 Å². The lowest BCUT2D eigenvalue weighted by Crippen LogP contribution is -2.50. The van der Waals surface area contributed by atoms with Crippen LogP contribution in [0.4, 0.5) is 0 Å². The number of likely N-dealkylation sites (N-methyl/N-ethyl adjacent to an activating group) is 1. The Morgan fingerprint density at radius 2 is 2.06 bits per heavy atom. The topological polar surface area (TPSA) is 75.4 Å². The average Bonchev–Trinajstić information content (AvgIpc) is 2.62. The number of carbonyl (C=O) groups excluding carboxylic acids is 1. The Morgan fingerprint density at radius 1 is 1.50 bits per heavy atom. The fourth-order valence-electron chi connectivity index (χ4n) is 1.12. The van der Waals surface area contributed by atoms with Crippen LogP contribution < -0.4 is 0 Å². The summed E-state index contributed by atoms with van der Waals surface area (Å²) in [6.07, 6.45) is 2.97. The van der Waals surface area contributed by atoms with E-state index in [2.05, 4.69) is 5.10 Å². The number of nitrogens with zero attached hydrogens (tertiary/aromatic N) is 3. The molecule has 0 unspecified atom stereocenters. The Hall–Kier alpha value is -1.85. The van der Waals surface area contributed by atoms with E-state index in [9.17, 15) is 9.59 Å². The number of aromatic nitrogens is 2. The fourth-order valence-corrected chi connectivity index (χ4v) is 1.12. The van der Waals surface area contributed by atoms with Crippen molar-refractivity contribution in [2.24, 2.45) is 7.05 Å². The molecule has 16 heavy (non-hydrogen) atoms. The molecule has 0 fully saturated rings. The molecular weight excluding hydrogens is 210 g/mol. The van der Waals surface area contributed by atoms with Crippen LogP contribution in [0.5, 0.6) is 0 Å². The van der Waals surface area contributed by atoms with Crippen LogP contribution in [0.25, 0.3) is 0 Å². The summed E-state index contributed by atoms with van der Waals surface area (Å²) in [7, 11) is 3.16. The Morgan fingerprint density at radius 3 is 2.44 bits per heavy atom. The van der Waals surface area contributed by atoms with Gasteiger partial charge in [0.05, 0.1) is 11.8 Å². The summed E-state index contributed by atoms with van der Waals surface area (Å²) in [6, 6.07) is 0. The van der Waals surface area contributed by atoms with Crippen molar-refractivity contribution in [2.45, 2.75) is 19.4 Å². The minimum Gasteiger partial charge on any atom is -0.480 e. The zero-order chi connectivity index (χ0) is 12.5. The third kappa shape index (κ3) is 2.05. The summed E-state index contributed by atoms with van der Waals surface area (Å²) in [6.45, 7) is 2.95. The van der Waals surface area contributed by atoms with Crippen molar-refractivity contribution in [1.29, 1.82) is 0 Å². The monoisotopic (exact) mass is 225 g/mol. The van der Waals surface area contributed by atoms with Crippen molar-refractivity contribution in [3.63, 3.8) is 0 Å². The van der Waals surface area contributed by atoms with Crippen molar-refractivity contribution in [3.8, 4) is 0 Å².